The van der Waals surface area contributed by atoms with Crippen LogP contribution in [0.25, 0.3) is 0 Å². The molecule has 2 aromatic rings. The summed E-state index contributed by atoms with van der Waals surface area (Å²) < 4.78 is 1.58. The van der Waals surface area contributed by atoms with Gasteiger partial charge in [0.25, 0.3) is 5.91 Å². The number of rotatable bonds is 5. The third-order valence-corrected chi connectivity index (χ3v) is 7.20. The largest absolute Gasteiger partial charge is 0.348 e. The van der Waals surface area contributed by atoms with Crippen molar-refractivity contribution in [1.82, 2.24) is 20.0 Å². The number of hydrogen-bond donors (Lipinski definition) is 1. The van der Waals surface area contributed by atoms with Crippen LogP contribution in [0.15, 0.2) is 30.5 Å². The predicted molar refractivity (Wildman–Crippen MR) is 121 cm³/mol. The molecule has 1 aromatic heterocycles. The molecule has 1 N–H and O–H groups in total. The number of aromatic nitrogens is 2. The summed E-state index contributed by atoms with van der Waals surface area (Å²) in [5.74, 6) is -0.164. The quantitative estimate of drug-likeness (QED) is 0.763. The average Bonchev–Trinajstić information content (AvgIpc) is 3.09. The van der Waals surface area contributed by atoms with Crippen molar-refractivity contribution in [2.45, 2.75) is 63.3 Å². The highest BCUT2D eigenvalue weighted by atomic mass is 35.5. The van der Waals surface area contributed by atoms with Gasteiger partial charge in [-0.1, -0.05) is 60.7 Å². The van der Waals surface area contributed by atoms with Crippen molar-refractivity contribution in [2.24, 2.45) is 7.05 Å². The summed E-state index contributed by atoms with van der Waals surface area (Å²) in [6.45, 7) is 5.33. The second-order valence-electron chi connectivity index (χ2n) is 9.23. The standard InChI is InChI=1S/C24H33ClN4O/c1-18-6-8-19(9-7-18)24(12-4-3-5-13-24)17-29-14-10-20(11-15-29)26-23(30)22-21(25)16-28(2)27-22/h6-9,16,20H,3-5,10-15,17H2,1-2H3,(H,26,30). The summed E-state index contributed by atoms with van der Waals surface area (Å²) in [7, 11) is 1.77. The SMILES string of the molecule is Cc1ccc(C2(CN3CCC(NC(=O)c4nn(C)cc4Cl)CC3)CCCCC2)cc1. The smallest absolute Gasteiger partial charge is 0.273 e. The molecule has 2 fully saturated rings. The van der Waals surface area contributed by atoms with E-state index >= 15 is 0 Å². The molecule has 162 valence electrons. The number of hydrogen-bond acceptors (Lipinski definition) is 3. The Bertz CT molecular complexity index is 862. The highest BCUT2D eigenvalue weighted by Gasteiger charge is 2.36. The van der Waals surface area contributed by atoms with E-state index < -0.39 is 0 Å². The van der Waals surface area contributed by atoms with Gasteiger partial charge in [0.1, 0.15) is 0 Å². The molecule has 0 unspecified atom stereocenters. The summed E-state index contributed by atoms with van der Waals surface area (Å²) >= 11 is 6.12. The lowest BCUT2D eigenvalue weighted by atomic mass is 9.69. The molecule has 1 aliphatic carbocycles. The van der Waals surface area contributed by atoms with Crippen LogP contribution in [0.1, 0.15) is 66.6 Å². The molecule has 2 aliphatic rings. The monoisotopic (exact) mass is 428 g/mol. The second kappa shape index (κ2) is 9.11. The zero-order valence-corrected chi connectivity index (χ0v) is 18.9. The van der Waals surface area contributed by atoms with Crippen LogP contribution in [-0.4, -0.2) is 46.3 Å². The third-order valence-electron chi connectivity index (χ3n) is 6.92. The van der Waals surface area contributed by atoms with E-state index in [0.717, 1.165) is 32.5 Å². The number of halogens is 1. The van der Waals surface area contributed by atoms with Crippen LogP contribution >= 0.6 is 11.6 Å². The number of nitrogens with one attached hydrogen (secondary N) is 1. The number of carbonyl (C=O) groups is 1. The van der Waals surface area contributed by atoms with Crippen LogP contribution in [-0.2, 0) is 12.5 Å². The van der Waals surface area contributed by atoms with Gasteiger partial charge in [0.15, 0.2) is 5.69 Å². The van der Waals surface area contributed by atoms with E-state index in [2.05, 4.69) is 46.5 Å². The fourth-order valence-electron chi connectivity index (χ4n) is 5.20. The van der Waals surface area contributed by atoms with Gasteiger partial charge in [-0.05, 0) is 38.2 Å². The van der Waals surface area contributed by atoms with E-state index in [1.165, 1.54) is 43.2 Å². The van der Waals surface area contributed by atoms with Crippen molar-refractivity contribution in [2.75, 3.05) is 19.6 Å². The maximum atomic E-state index is 12.5. The van der Waals surface area contributed by atoms with Crippen molar-refractivity contribution in [3.8, 4) is 0 Å². The van der Waals surface area contributed by atoms with Gasteiger partial charge in [-0.3, -0.25) is 9.48 Å². The van der Waals surface area contributed by atoms with Gasteiger partial charge >= 0.3 is 0 Å². The summed E-state index contributed by atoms with van der Waals surface area (Å²) in [5, 5.41) is 7.72. The van der Waals surface area contributed by atoms with E-state index in [9.17, 15) is 4.79 Å². The molecule has 0 spiro atoms. The van der Waals surface area contributed by atoms with Crippen LogP contribution in [0, 0.1) is 6.92 Å². The Hall–Kier alpha value is -1.85. The van der Waals surface area contributed by atoms with Gasteiger partial charge in [-0.2, -0.15) is 5.10 Å². The summed E-state index contributed by atoms with van der Waals surface area (Å²) in [6.07, 6.45) is 10.2. The number of aryl methyl sites for hydroxylation is 2. The van der Waals surface area contributed by atoms with Crippen molar-refractivity contribution in [3.63, 3.8) is 0 Å². The Labute approximate surface area is 184 Å². The van der Waals surface area contributed by atoms with Crippen molar-refractivity contribution in [3.05, 3.63) is 52.3 Å². The normalized spacial score (nSPS) is 20.2. The van der Waals surface area contributed by atoms with E-state index in [-0.39, 0.29) is 17.4 Å². The van der Waals surface area contributed by atoms with Gasteiger partial charge < -0.3 is 10.2 Å². The number of likely N-dealkylation sites (tertiary alicyclic amines) is 1. The number of benzene rings is 1. The van der Waals surface area contributed by atoms with E-state index in [1.807, 2.05) is 0 Å². The molecule has 1 saturated heterocycles. The fraction of sp³-hybridized carbons (Fsp3) is 0.583. The Morgan fingerprint density at radius 3 is 2.43 bits per heavy atom. The van der Waals surface area contributed by atoms with Crippen LogP contribution in [0.2, 0.25) is 5.02 Å². The van der Waals surface area contributed by atoms with Gasteiger partial charge in [-0.15, -0.1) is 0 Å². The Balaban J connectivity index is 1.36. The van der Waals surface area contributed by atoms with Gasteiger partial charge in [-0.25, -0.2) is 0 Å². The summed E-state index contributed by atoms with van der Waals surface area (Å²) in [6, 6.07) is 9.41. The highest BCUT2D eigenvalue weighted by Crippen LogP contribution is 2.40. The number of nitrogens with zero attached hydrogens (tertiary/aromatic N) is 3. The van der Waals surface area contributed by atoms with Crippen molar-refractivity contribution < 1.29 is 4.79 Å². The Morgan fingerprint density at radius 1 is 1.17 bits per heavy atom. The molecule has 5 nitrogen and oxygen atoms in total. The minimum Gasteiger partial charge on any atom is -0.348 e. The molecular weight excluding hydrogens is 396 g/mol. The van der Waals surface area contributed by atoms with Gasteiger partial charge in [0.05, 0.1) is 5.02 Å². The molecule has 1 aromatic carbocycles. The summed E-state index contributed by atoms with van der Waals surface area (Å²) in [5.41, 5.74) is 3.44. The lowest BCUT2D eigenvalue weighted by Gasteiger charge is -2.44. The lowest BCUT2D eigenvalue weighted by molar-refractivity contribution is 0.0886. The molecule has 4 rings (SSSR count). The topological polar surface area (TPSA) is 50.2 Å². The van der Waals surface area contributed by atoms with Crippen LogP contribution < -0.4 is 5.32 Å². The zero-order chi connectivity index (χ0) is 21.1. The van der Waals surface area contributed by atoms with Crippen LogP contribution in [0.3, 0.4) is 0 Å². The molecular formula is C24H33ClN4O. The van der Waals surface area contributed by atoms with Crippen LogP contribution in [0.4, 0.5) is 0 Å². The summed E-state index contributed by atoms with van der Waals surface area (Å²) in [4.78, 5) is 15.1. The number of carbonyl (C=O) groups excluding carboxylic acids is 1. The fourth-order valence-corrected chi connectivity index (χ4v) is 5.47. The highest BCUT2D eigenvalue weighted by molar-refractivity contribution is 6.33. The molecule has 1 aliphatic heterocycles. The maximum absolute atomic E-state index is 12.5. The Morgan fingerprint density at radius 2 is 1.83 bits per heavy atom. The first-order chi connectivity index (χ1) is 14.4. The molecule has 0 atom stereocenters. The van der Waals surface area contributed by atoms with Gasteiger partial charge in [0, 0.05) is 44.3 Å². The Kier molecular flexibility index (Phi) is 6.49. The van der Waals surface area contributed by atoms with Crippen LogP contribution in [0.5, 0.6) is 0 Å². The second-order valence-corrected chi connectivity index (χ2v) is 9.64. The minimum atomic E-state index is -0.164. The van der Waals surface area contributed by atoms with Crippen molar-refractivity contribution >= 4 is 17.5 Å². The van der Waals surface area contributed by atoms with Crippen molar-refractivity contribution in [1.29, 1.82) is 0 Å². The molecule has 1 saturated carbocycles. The average molecular weight is 429 g/mol. The maximum Gasteiger partial charge on any atom is 0.273 e. The third kappa shape index (κ3) is 4.73. The van der Waals surface area contributed by atoms with E-state index in [1.54, 1.807) is 17.9 Å². The van der Waals surface area contributed by atoms with E-state index in [4.69, 9.17) is 11.6 Å². The molecule has 0 bridgehead atoms. The molecule has 1 amide bonds. The van der Waals surface area contributed by atoms with Gasteiger partial charge in [0.2, 0.25) is 0 Å². The molecule has 2 heterocycles. The molecule has 30 heavy (non-hydrogen) atoms. The molecule has 0 radical (unpaired) electrons. The number of piperidine rings is 1. The molecule has 6 heteroatoms. The van der Waals surface area contributed by atoms with E-state index in [0.29, 0.717) is 10.7 Å². The zero-order valence-electron chi connectivity index (χ0n) is 18.2. The first kappa shape index (κ1) is 21.4. The first-order valence-corrected chi connectivity index (χ1v) is 11.6. The predicted octanol–water partition coefficient (Wildman–Crippen LogP) is 4.48. The first-order valence-electron chi connectivity index (χ1n) is 11.2. The minimum absolute atomic E-state index is 0.164. The number of amides is 1. The lowest BCUT2D eigenvalue weighted by Crippen LogP contribution is -2.49.